The summed E-state index contributed by atoms with van der Waals surface area (Å²) >= 11 is 0. The third kappa shape index (κ3) is 1.83. The molecule has 0 bridgehead atoms. The molecule has 2 heterocycles. The second-order valence-corrected chi connectivity index (χ2v) is 6.30. The highest BCUT2D eigenvalue weighted by Gasteiger charge is 2.18. The quantitative estimate of drug-likeness (QED) is 0.441. The summed E-state index contributed by atoms with van der Waals surface area (Å²) in [7, 11) is 2.07. The number of aryl methyl sites for hydroxylation is 1. The lowest BCUT2D eigenvalue weighted by molar-refractivity contribution is 1.01. The molecule has 0 saturated carbocycles. The fourth-order valence-corrected chi connectivity index (χ4v) is 3.83. The molecule has 3 nitrogen and oxygen atoms in total. The number of rotatable bonds is 1. The van der Waals surface area contributed by atoms with Gasteiger partial charge in [0.15, 0.2) is 0 Å². The number of hydrogen-bond donors (Lipinski definition) is 0. The van der Waals surface area contributed by atoms with Crippen LogP contribution in [0.1, 0.15) is 0 Å². The van der Waals surface area contributed by atoms with Gasteiger partial charge >= 0.3 is 0 Å². The van der Waals surface area contributed by atoms with Gasteiger partial charge in [0.05, 0.1) is 16.6 Å². The van der Waals surface area contributed by atoms with Gasteiger partial charge < -0.3 is 4.57 Å². The Kier molecular flexibility index (Phi) is 2.86. The molecule has 0 amide bonds. The highest BCUT2D eigenvalue weighted by atomic mass is 16.1. The van der Waals surface area contributed by atoms with Crippen LogP contribution in [-0.4, -0.2) is 9.13 Å². The SMILES string of the molecule is Cn1c2ccccc2c2c1c1ccccc1c(=O)n2-c1ccccc1. The Morgan fingerprint density at radius 3 is 2.00 bits per heavy atom. The maximum absolute atomic E-state index is 13.3. The number of para-hydroxylation sites is 2. The van der Waals surface area contributed by atoms with Gasteiger partial charge in [-0.25, -0.2) is 0 Å². The van der Waals surface area contributed by atoms with Crippen LogP contribution >= 0.6 is 0 Å². The van der Waals surface area contributed by atoms with Gasteiger partial charge in [-0.15, -0.1) is 0 Å². The lowest BCUT2D eigenvalue weighted by atomic mass is 10.1. The molecule has 0 aliphatic rings. The van der Waals surface area contributed by atoms with E-state index in [-0.39, 0.29) is 5.56 Å². The molecule has 3 aromatic carbocycles. The molecule has 0 N–H and O–H groups in total. The van der Waals surface area contributed by atoms with Crippen LogP contribution in [0.4, 0.5) is 0 Å². The van der Waals surface area contributed by atoms with Gasteiger partial charge in [0.1, 0.15) is 0 Å². The zero-order valence-electron chi connectivity index (χ0n) is 13.8. The molecule has 0 spiro atoms. The number of fused-ring (bicyclic) bond motifs is 5. The molecular weight excluding hydrogens is 308 g/mol. The van der Waals surface area contributed by atoms with Crippen molar-refractivity contribution in [2.75, 3.05) is 0 Å². The molecule has 120 valence electrons. The average Bonchev–Trinajstić information content (AvgIpc) is 2.96. The summed E-state index contributed by atoms with van der Waals surface area (Å²) in [4.78, 5) is 13.3. The van der Waals surface area contributed by atoms with Crippen molar-refractivity contribution >= 4 is 32.7 Å². The number of hydrogen-bond acceptors (Lipinski definition) is 1. The zero-order chi connectivity index (χ0) is 17.0. The predicted octanol–water partition coefficient (Wildman–Crippen LogP) is 4.64. The third-order valence-corrected chi connectivity index (χ3v) is 4.93. The first kappa shape index (κ1) is 14.1. The summed E-state index contributed by atoms with van der Waals surface area (Å²) < 4.78 is 4.03. The van der Waals surface area contributed by atoms with Gasteiger partial charge in [-0.2, -0.15) is 0 Å². The fourth-order valence-electron chi connectivity index (χ4n) is 3.83. The van der Waals surface area contributed by atoms with Gasteiger partial charge in [-0.3, -0.25) is 9.36 Å². The normalized spacial score (nSPS) is 11.6. The first-order valence-corrected chi connectivity index (χ1v) is 8.33. The van der Waals surface area contributed by atoms with Crippen LogP contribution in [0, 0.1) is 0 Å². The highest BCUT2D eigenvalue weighted by molar-refractivity contribution is 6.16. The van der Waals surface area contributed by atoms with Crippen LogP contribution in [0.3, 0.4) is 0 Å². The van der Waals surface area contributed by atoms with E-state index < -0.39 is 0 Å². The first-order valence-electron chi connectivity index (χ1n) is 8.33. The number of nitrogens with zero attached hydrogens (tertiary/aromatic N) is 2. The van der Waals surface area contributed by atoms with E-state index >= 15 is 0 Å². The lowest BCUT2D eigenvalue weighted by Crippen LogP contribution is -2.19. The van der Waals surface area contributed by atoms with Crippen molar-refractivity contribution in [3.63, 3.8) is 0 Å². The van der Waals surface area contributed by atoms with E-state index in [4.69, 9.17) is 0 Å². The molecular formula is C22H16N2O. The molecule has 0 saturated heterocycles. The van der Waals surface area contributed by atoms with Crippen LogP contribution in [0.15, 0.2) is 83.7 Å². The van der Waals surface area contributed by atoms with Crippen molar-refractivity contribution in [3.8, 4) is 5.69 Å². The van der Waals surface area contributed by atoms with Crippen molar-refractivity contribution in [1.82, 2.24) is 9.13 Å². The van der Waals surface area contributed by atoms with E-state index in [1.54, 1.807) is 0 Å². The monoisotopic (exact) mass is 324 g/mol. The van der Waals surface area contributed by atoms with E-state index in [2.05, 4.69) is 23.7 Å². The molecule has 25 heavy (non-hydrogen) atoms. The summed E-state index contributed by atoms with van der Waals surface area (Å²) in [6, 6.07) is 26.0. The second-order valence-electron chi connectivity index (χ2n) is 6.30. The minimum atomic E-state index is 0.0191. The molecule has 5 rings (SSSR count). The summed E-state index contributed by atoms with van der Waals surface area (Å²) in [6.07, 6.45) is 0. The Morgan fingerprint density at radius 2 is 1.24 bits per heavy atom. The Morgan fingerprint density at radius 1 is 0.640 bits per heavy atom. The number of benzene rings is 3. The van der Waals surface area contributed by atoms with Crippen LogP contribution < -0.4 is 5.56 Å². The molecule has 2 aromatic heterocycles. The maximum Gasteiger partial charge on any atom is 0.263 e. The molecule has 0 atom stereocenters. The second kappa shape index (κ2) is 5.08. The third-order valence-electron chi connectivity index (χ3n) is 4.93. The standard InChI is InChI=1S/C22H16N2O/c1-23-19-14-8-7-13-18(19)21-20(23)16-11-5-6-12-17(16)22(25)24(21)15-9-3-2-4-10-15/h2-14H,1H3. The zero-order valence-corrected chi connectivity index (χ0v) is 13.8. The van der Waals surface area contributed by atoms with Crippen molar-refractivity contribution in [1.29, 1.82) is 0 Å². The lowest BCUT2D eigenvalue weighted by Gasteiger charge is -2.12. The van der Waals surface area contributed by atoms with Crippen molar-refractivity contribution in [3.05, 3.63) is 89.2 Å². The van der Waals surface area contributed by atoms with Crippen LogP contribution in [0.5, 0.6) is 0 Å². The van der Waals surface area contributed by atoms with Gasteiger partial charge in [-0.1, -0.05) is 54.6 Å². The fraction of sp³-hybridized carbons (Fsp3) is 0.0455. The molecule has 0 fully saturated rings. The molecule has 0 aliphatic heterocycles. The largest absolute Gasteiger partial charge is 0.342 e. The molecule has 0 unspecified atom stereocenters. The van der Waals surface area contributed by atoms with Gasteiger partial charge in [0.25, 0.3) is 5.56 Å². The summed E-state index contributed by atoms with van der Waals surface area (Å²) in [5.74, 6) is 0. The molecule has 3 heteroatoms. The van der Waals surface area contributed by atoms with Crippen LogP contribution in [0.2, 0.25) is 0 Å². The minimum absolute atomic E-state index is 0.0191. The Labute approximate surface area is 144 Å². The summed E-state index contributed by atoms with van der Waals surface area (Å²) in [5.41, 5.74) is 4.08. The van der Waals surface area contributed by atoms with E-state index in [0.717, 1.165) is 38.4 Å². The molecule has 5 aromatic rings. The maximum atomic E-state index is 13.3. The average molecular weight is 324 g/mol. The van der Waals surface area contributed by atoms with Gasteiger partial charge in [0.2, 0.25) is 0 Å². The van der Waals surface area contributed by atoms with Gasteiger partial charge in [-0.05, 0) is 24.3 Å². The number of pyridine rings is 1. The number of aromatic nitrogens is 2. The molecule has 0 radical (unpaired) electrons. The smallest absolute Gasteiger partial charge is 0.263 e. The van der Waals surface area contributed by atoms with Gasteiger partial charge in [0, 0.05) is 28.9 Å². The van der Waals surface area contributed by atoms with Crippen LogP contribution in [-0.2, 0) is 7.05 Å². The van der Waals surface area contributed by atoms with E-state index in [1.165, 1.54) is 0 Å². The highest BCUT2D eigenvalue weighted by Crippen LogP contribution is 2.33. The van der Waals surface area contributed by atoms with E-state index in [9.17, 15) is 4.79 Å². The van der Waals surface area contributed by atoms with Crippen molar-refractivity contribution < 1.29 is 0 Å². The molecule has 0 aliphatic carbocycles. The minimum Gasteiger partial charge on any atom is -0.342 e. The Hall–Kier alpha value is -3.33. The van der Waals surface area contributed by atoms with Crippen LogP contribution in [0.25, 0.3) is 38.4 Å². The van der Waals surface area contributed by atoms with Crippen molar-refractivity contribution in [2.24, 2.45) is 7.05 Å². The topological polar surface area (TPSA) is 26.9 Å². The summed E-state index contributed by atoms with van der Waals surface area (Å²) in [5, 5.41) is 2.82. The first-order chi connectivity index (χ1) is 12.3. The van der Waals surface area contributed by atoms with E-state index in [0.29, 0.717) is 0 Å². The van der Waals surface area contributed by atoms with E-state index in [1.807, 2.05) is 71.3 Å². The Balaban J connectivity index is 2.17. The Bertz CT molecular complexity index is 1310. The summed E-state index contributed by atoms with van der Waals surface area (Å²) in [6.45, 7) is 0. The predicted molar refractivity (Wildman–Crippen MR) is 104 cm³/mol. The van der Waals surface area contributed by atoms with Crippen molar-refractivity contribution in [2.45, 2.75) is 0 Å².